The number of hydrogen-bond acceptors (Lipinski definition) is 6. The van der Waals surface area contributed by atoms with E-state index in [1.165, 1.54) is 4.90 Å². The van der Waals surface area contributed by atoms with E-state index in [0.717, 1.165) is 16.8 Å². The second kappa shape index (κ2) is 5.68. The van der Waals surface area contributed by atoms with E-state index >= 15 is 0 Å². The largest absolute Gasteiger partial charge is 0.399 e. The van der Waals surface area contributed by atoms with Crippen LogP contribution in [0, 0.1) is 6.92 Å². The van der Waals surface area contributed by atoms with E-state index in [0.29, 0.717) is 17.5 Å². The summed E-state index contributed by atoms with van der Waals surface area (Å²) in [7, 11) is 0. The Bertz CT molecular complexity index is 707. The Morgan fingerprint density at radius 1 is 1.35 bits per heavy atom. The van der Waals surface area contributed by atoms with Gasteiger partial charge in [-0.1, -0.05) is 5.16 Å². The molecule has 2 heterocycles. The lowest BCUT2D eigenvalue weighted by atomic mass is 10.2. The van der Waals surface area contributed by atoms with Crippen LogP contribution in [0.5, 0.6) is 0 Å². The second-order valence-corrected chi connectivity index (χ2v) is 6.14. The molecule has 2 aromatic heterocycles. The van der Waals surface area contributed by atoms with Crippen molar-refractivity contribution in [2.75, 3.05) is 5.73 Å². The summed E-state index contributed by atoms with van der Waals surface area (Å²) in [5.41, 5.74) is 8.67. The zero-order valence-corrected chi connectivity index (χ0v) is 12.5. The first-order valence-corrected chi connectivity index (χ1v) is 7.99. The third kappa shape index (κ3) is 2.86. The van der Waals surface area contributed by atoms with Crippen LogP contribution in [0.25, 0.3) is 11.5 Å². The number of nitrogens with zero attached hydrogens (tertiary/aromatic N) is 2. The fourth-order valence-corrected chi connectivity index (χ4v) is 3.28. The minimum Gasteiger partial charge on any atom is -0.399 e. The van der Waals surface area contributed by atoms with Gasteiger partial charge in [-0.15, -0.1) is 11.8 Å². The van der Waals surface area contributed by atoms with Gasteiger partial charge in [-0.2, -0.15) is 16.3 Å². The lowest BCUT2D eigenvalue weighted by Crippen LogP contribution is -1.89. The number of aryl methyl sites for hydroxylation is 1. The van der Waals surface area contributed by atoms with Crippen molar-refractivity contribution >= 4 is 28.8 Å². The highest BCUT2D eigenvalue weighted by atomic mass is 32.2. The minimum atomic E-state index is 0.580. The number of aromatic nitrogens is 2. The van der Waals surface area contributed by atoms with E-state index in [4.69, 9.17) is 10.3 Å². The first-order chi connectivity index (χ1) is 9.72. The molecule has 0 aliphatic heterocycles. The molecule has 0 aliphatic carbocycles. The van der Waals surface area contributed by atoms with Crippen molar-refractivity contribution in [3.05, 3.63) is 46.4 Å². The highest BCUT2D eigenvalue weighted by Gasteiger charge is 2.10. The minimum absolute atomic E-state index is 0.580. The average molecular weight is 303 g/mol. The highest BCUT2D eigenvalue weighted by molar-refractivity contribution is 7.98. The molecule has 2 N–H and O–H groups in total. The fourth-order valence-electron chi connectivity index (χ4n) is 1.79. The van der Waals surface area contributed by atoms with E-state index in [1.54, 1.807) is 23.1 Å². The summed E-state index contributed by atoms with van der Waals surface area (Å²) >= 11 is 3.29. The number of anilines is 1. The van der Waals surface area contributed by atoms with Gasteiger partial charge in [0, 0.05) is 16.0 Å². The molecule has 0 fully saturated rings. The SMILES string of the molecule is Cc1cc(N)ccc1SCc1noc(-c2ccsc2)n1. The zero-order valence-electron chi connectivity index (χ0n) is 10.9. The van der Waals surface area contributed by atoms with Gasteiger partial charge in [0.15, 0.2) is 5.82 Å². The maximum Gasteiger partial charge on any atom is 0.258 e. The first kappa shape index (κ1) is 13.2. The number of thioether (sulfide) groups is 1. The standard InChI is InChI=1S/C14H13N3OS2/c1-9-6-11(15)2-3-12(9)20-8-13-16-14(18-17-13)10-4-5-19-7-10/h2-7H,8,15H2,1H3. The molecule has 20 heavy (non-hydrogen) atoms. The van der Waals surface area contributed by atoms with Crippen molar-refractivity contribution in [2.45, 2.75) is 17.6 Å². The lowest BCUT2D eigenvalue weighted by Gasteiger charge is -2.04. The highest BCUT2D eigenvalue weighted by Crippen LogP contribution is 2.27. The molecule has 3 aromatic rings. The summed E-state index contributed by atoms with van der Waals surface area (Å²) in [6, 6.07) is 7.87. The third-order valence-electron chi connectivity index (χ3n) is 2.79. The van der Waals surface area contributed by atoms with Crippen molar-refractivity contribution in [3.63, 3.8) is 0 Å². The quantitative estimate of drug-likeness (QED) is 0.583. The third-order valence-corrected chi connectivity index (χ3v) is 4.65. The van der Waals surface area contributed by atoms with Crippen LogP contribution in [0.2, 0.25) is 0 Å². The molecule has 102 valence electrons. The first-order valence-electron chi connectivity index (χ1n) is 6.06. The molecule has 0 saturated carbocycles. The Morgan fingerprint density at radius 3 is 3.00 bits per heavy atom. The van der Waals surface area contributed by atoms with E-state index in [1.807, 2.05) is 41.9 Å². The van der Waals surface area contributed by atoms with Crippen LogP contribution in [0.4, 0.5) is 5.69 Å². The van der Waals surface area contributed by atoms with Gasteiger partial charge in [0.2, 0.25) is 0 Å². The Hall–Kier alpha value is -1.79. The predicted molar refractivity (Wildman–Crippen MR) is 82.8 cm³/mol. The Labute approximate surface area is 125 Å². The molecule has 0 atom stereocenters. The molecule has 0 unspecified atom stereocenters. The van der Waals surface area contributed by atoms with Crippen molar-refractivity contribution in [3.8, 4) is 11.5 Å². The van der Waals surface area contributed by atoms with Crippen LogP contribution in [0.1, 0.15) is 11.4 Å². The molecular formula is C14H13N3OS2. The van der Waals surface area contributed by atoms with Crippen LogP contribution in [0.3, 0.4) is 0 Å². The summed E-state index contributed by atoms with van der Waals surface area (Å²) in [5.74, 6) is 1.96. The van der Waals surface area contributed by atoms with E-state index < -0.39 is 0 Å². The Kier molecular flexibility index (Phi) is 3.75. The number of rotatable bonds is 4. The summed E-state index contributed by atoms with van der Waals surface area (Å²) in [6.45, 7) is 2.05. The molecular weight excluding hydrogens is 290 g/mol. The summed E-state index contributed by atoms with van der Waals surface area (Å²) in [6.07, 6.45) is 0. The molecule has 0 radical (unpaired) electrons. The van der Waals surface area contributed by atoms with Crippen molar-refractivity contribution in [1.29, 1.82) is 0 Å². The zero-order chi connectivity index (χ0) is 13.9. The topological polar surface area (TPSA) is 64.9 Å². The van der Waals surface area contributed by atoms with E-state index in [9.17, 15) is 0 Å². The smallest absolute Gasteiger partial charge is 0.258 e. The molecule has 4 nitrogen and oxygen atoms in total. The molecule has 3 rings (SSSR count). The van der Waals surface area contributed by atoms with Gasteiger partial charge in [0.1, 0.15) is 0 Å². The maximum absolute atomic E-state index is 5.74. The number of hydrogen-bond donors (Lipinski definition) is 1. The molecule has 1 aromatic carbocycles. The molecule has 0 bridgehead atoms. The average Bonchev–Trinajstić information content (AvgIpc) is 3.08. The monoisotopic (exact) mass is 303 g/mol. The summed E-state index contributed by atoms with van der Waals surface area (Å²) in [4.78, 5) is 5.58. The Morgan fingerprint density at radius 2 is 2.25 bits per heavy atom. The lowest BCUT2D eigenvalue weighted by molar-refractivity contribution is 0.425. The molecule has 0 spiro atoms. The normalized spacial score (nSPS) is 10.8. The van der Waals surface area contributed by atoms with Gasteiger partial charge in [-0.25, -0.2) is 0 Å². The van der Waals surface area contributed by atoms with Crippen LogP contribution in [0.15, 0.2) is 44.4 Å². The predicted octanol–water partition coefficient (Wildman–Crippen LogP) is 3.98. The number of nitrogen functional groups attached to an aromatic ring is 1. The van der Waals surface area contributed by atoms with Crippen LogP contribution in [-0.2, 0) is 5.75 Å². The van der Waals surface area contributed by atoms with Crippen LogP contribution < -0.4 is 5.73 Å². The number of benzene rings is 1. The summed E-state index contributed by atoms with van der Waals surface area (Å²) < 4.78 is 5.26. The van der Waals surface area contributed by atoms with Gasteiger partial charge in [0.05, 0.1) is 11.3 Å². The van der Waals surface area contributed by atoms with Gasteiger partial charge >= 0.3 is 0 Å². The van der Waals surface area contributed by atoms with Gasteiger partial charge in [-0.3, -0.25) is 0 Å². The van der Waals surface area contributed by atoms with Gasteiger partial charge in [-0.05, 0) is 42.1 Å². The number of thiophene rings is 1. The summed E-state index contributed by atoms with van der Waals surface area (Å²) in [5, 5.41) is 7.99. The van der Waals surface area contributed by atoms with Gasteiger partial charge in [0.25, 0.3) is 5.89 Å². The van der Waals surface area contributed by atoms with Crippen molar-refractivity contribution in [2.24, 2.45) is 0 Å². The van der Waals surface area contributed by atoms with Crippen molar-refractivity contribution in [1.82, 2.24) is 10.1 Å². The van der Waals surface area contributed by atoms with Crippen LogP contribution in [-0.4, -0.2) is 10.1 Å². The number of nitrogens with two attached hydrogens (primary N) is 1. The van der Waals surface area contributed by atoms with Gasteiger partial charge < -0.3 is 10.3 Å². The molecule has 0 saturated heterocycles. The Balaban J connectivity index is 1.70. The van der Waals surface area contributed by atoms with Crippen LogP contribution >= 0.6 is 23.1 Å². The molecule has 0 aliphatic rings. The second-order valence-electron chi connectivity index (χ2n) is 4.34. The fraction of sp³-hybridized carbons (Fsp3) is 0.143. The van der Waals surface area contributed by atoms with Crippen molar-refractivity contribution < 1.29 is 4.52 Å². The maximum atomic E-state index is 5.74. The molecule has 6 heteroatoms. The van der Waals surface area contributed by atoms with E-state index in [2.05, 4.69) is 10.1 Å². The van der Waals surface area contributed by atoms with E-state index in [-0.39, 0.29) is 0 Å². The molecule has 0 amide bonds.